The molecular formula is C14H13ClN2. The predicted molar refractivity (Wildman–Crippen MR) is 69.1 cm³/mol. The maximum Gasteiger partial charge on any atom is 0.155 e. The summed E-state index contributed by atoms with van der Waals surface area (Å²) in [6, 6.07) is 10.2. The van der Waals surface area contributed by atoms with Gasteiger partial charge in [0.25, 0.3) is 0 Å². The van der Waals surface area contributed by atoms with E-state index >= 15 is 0 Å². The van der Waals surface area contributed by atoms with Crippen LogP contribution < -0.4 is 0 Å². The summed E-state index contributed by atoms with van der Waals surface area (Å²) < 4.78 is 0. The molecule has 0 aliphatic heterocycles. The van der Waals surface area contributed by atoms with Crippen LogP contribution in [-0.4, -0.2) is 10.2 Å². The Morgan fingerprint density at radius 3 is 2.35 bits per heavy atom. The first kappa shape index (κ1) is 10.7. The van der Waals surface area contributed by atoms with Crippen molar-refractivity contribution in [2.45, 2.75) is 25.7 Å². The van der Waals surface area contributed by atoms with Crippen molar-refractivity contribution in [3.05, 3.63) is 46.6 Å². The third kappa shape index (κ3) is 1.93. The van der Waals surface area contributed by atoms with Gasteiger partial charge in [0, 0.05) is 5.56 Å². The number of rotatable bonds is 1. The van der Waals surface area contributed by atoms with Crippen molar-refractivity contribution in [1.29, 1.82) is 0 Å². The van der Waals surface area contributed by atoms with E-state index in [0.717, 1.165) is 24.1 Å². The molecule has 2 aromatic rings. The molecule has 0 N–H and O–H groups in total. The fraction of sp³-hybridized carbons (Fsp3) is 0.286. The van der Waals surface area contributed by atoms with Gasteiger partial charge in [-0.3, -0.25) is 0 Å². The average Bonchev–Trinajstić information content (AvgIpc) is 2.41. The molecule has 17 heavy (non-hydrogen) atoms. The zero-order valence-electron chi connectivity index (χ0n) is 9.49. The lowest BCUT2D eigenvalue weighted by atomic mass is 9.90. The van der Waals surface area contributed by atoms with E-state index in [2.05, 4.69) is 22.3 Å². The maximum absolute atomic E-state index is 6.13. The van der Waals surface area contributed by atoms with Crippen LogP contribution in [0.15, 0.2) is 30.3 Å². The van der Waals surface area contributed by atoms with Gasteiger partial charge < -0.3 is 0 Å². The van der Waals surface area contributed by atoms with Crippen LogP contribution in [0.5, 0.6) is 0 Å². The molecule has 0 spiro atoms. The number of halogens is 1. The van der Waals surface area contributed by atoms with Crippen molar-refractivity contribution in [2.75, 3.05) is 0 Å². The molecule has 0 atom stereocenters. The van der Waals surface area contributed by atoms with Crippen LogP contribution in [0.4, 0.5) is 0 Å². The summed E-state index contributed by atoms with van der Waals surface area (Å²) in [4.78, 5) is 0. The van der Waals surface area contributed by atoms with Crippen LogP contribution >= 0.6 is 11.6 Å². The Labute approximate surface area is 106 Å². The average molecular weight is 245 g/mol. The van der Waals surface area contributed by atoms with Crippen LogP contribution in [-0.2, 0) is 12.8 Å². The highest BCUT2D eigenvalue weighted by molar-refractivity contribution is 6.30. The number of aromatic nitrogens is 2. The highest BCUT2D eigenvalue weighted by Crippen LogP contribution is 2.32. The van der Waals surface area contributed by atoms with Gasteiger partial charge in [0.15, 0.2) is 5.15 Å². The molecule has 1 aliphatic carbocycles. The van der Waals surface area contributed by atoms with E-state index in [4.69, 9.17) is 11.6 Å². The first-order valence-corrected chi connectivity index (χ1v) is 6.33. The van der Waals surface area contributed by atoms with E-state index in [1.54, 1.807) is 0 Å². The lowest BCUT2D eigenvalue weighted by molar-refractivity contribution is 0.676. The van der Waals surface area contributed by atoms with Gasteiger partial charge in [-0.05, 0) is 36.8 Å². The molecule has 2 nitrogen and oxygen atoms in total. The van der Waals surface area contributed by atoms with Gasteiger partial charge in [-0.15, -0.1) is 10.2 Å². The highest BCUT2D eigenvalue weighted by Gasteiger charge is 2.19. The fourth-order valence-electron chi connectivity index (χ4n) is 2.44. The van der Waals surface area contributed by atoms with Crippen molar-refractivity contribution >= 4 is 11.6 Å². The largest absolute Gasteiger partial charge is 0.155 e. The molecule has 1 aliphatic rings. The number of benzene rings is 1. The molecule has 0 radical (unpaired) electrons. The molecule has 0 saturated carbocycles. The third-order valence-electron chi connectivity index (χ3n) is 3.29. The lowest BCUT2D eigenvalue weighted by Crippen LogP contribution is -2.08. The van der Waals surface area contributed by atoms with E-state index in [0.29, 0.717) is 5.15 Å². The van der Waals surface area contributed by atoms with Gasteiger partial charge in [0.1, 0.15) is 0 Å². The summed E-state index contributed by atoms with van der Waals surface area (Å²) in [5, 5.41) is 8.95. The second kappa shape index (κ2) is 4.46. The zero-order valence-corrected chi connectivity index (χ0v) is 10.2. The van der Waals surface area contributed by atoms with Crippen molar-refractivity contribution in [2.24, 2.45) is 0 Å². The predicted octanol–water partition coefficient (Wildman–Crippen LogP) is 3.68. The van der Waals surface area contributed by atoms with Gasteiger partial charge in [-0.1, -0.05) is 41.9 Å². The SMILES string of the molecule is Clc1nnc(-c2ccccc2)c2c1CCCC2. The van der Waals surface area contributed by atoms with E-state index in [1.807, 2.05) is 18.2 Å². The third-order valence-corrected chi connectivity index (χ3v) is 3.59. The van der Waals surface area contributed by atoms with E-state index in [1.165, 1.54) is 24.0 Å². The highest BCUT2D eigenvalue weighted by atomic mass is 35.5. The molecule has 0 unspecified atom stereocenters. The Kier molecular flexibility index (Phi) is 2.81. The molecule has 0 fully saturated rings. The lowest BCUT2D eigenvalue weighted by Gasteiger charge is -2.18. The Balaban J connectivity index is 2.18. The van der Waals surface area contributed by atoms with Gasteiger partial charge in [-0.2, -0.15) is 0 Å². The molecule has 1 heterocycles. The van der Waals surface area contributed by atoms with Crippen LogP contribution in [0.1, 0.15) is 24.0 Å². The minimum Gasteiger partial charge on any atom is -0.149 e. The molecule has 86 valence electrons. The molecule has 3 rings (SSSR count). The molecule has 0 bridgehead atoms. The van der Waals surface area contributed by atoms with Crippen molar-refractivity contribution in [1.82, 2.24) is 10.2 Å². The van der Waals surface area contributed by atoms with E-state index in [-0.39, 0.29) is 0 Å². The Morgan fingerprint density at radius 2 is 1.59 bits per heavy atom. The number of hydrogen-bond acceptors (Lipinski definition) is 2. The summed E-state index contributed by atoms with van der Waals surface area (Å²) in [6.45, 7) is 0. The molecular weight excluding hydrogens is 232 g/mol. The first-order valence-electron chi connectivity index (χ1n) is 5.95. The Bertz CT molecular complexity index is 537. The topological polar surface area (TPSA) is 25.8 Å². The van der Waals surface area contributed by atoms with Crippen molar-refractivity contribution < 1.29 is 0 Å². The fourth-order valence-corrected chi connectivity index (χ4v) is 2.68. The number of hydrogen-bond donors (Lipinski definition) is 0. The van der Waals surface area contributed by atoms with Crippen molar-refractivity contribution in [3.8, 4) is 11.3 Å². The Morgan fingerprint density at radius 1 is 0.882 bits per heavy atom. The molecule has 1 aromatic carbocycles. The molecule has 1 aromatic heterocycles. The minimum atomic E-state index is 0.583. The summed E-state index contributed by atoms with van der Waals surface area (Å²) in [5.41, 5.74) is 4.63. The zero-order chi connectivity index (χ0) is 11.7. The molecule has 0 amide bonds. The van der Waals surface area contributed by atoms with Gasteiger partial charge in [0.2, 0.25) is 0 Å². The van der Waals surface area contributed by atoms with Crippen LogP contribution in [0.3, 0.4) is 0 Å². The van der Waals surface area contributed by atoms with E-state index < -0.39 is 0 Å². The van der Waals surface area contributed by atoms with Crippen LogP contribution in [0.25, 0.3) is 11.3 Å². The minimum absolute atomic E-state index is 0.583. The quantitative estimate of drug-likeness (QED) is 0.765. The standard InChI is InChI=1S/C14H13ClN2/c15-14-12-9-5-4-8-11(12)13(16-17-14)10-6-2-1-3-7-10/h1-3,6-7H,4-5,8-9H2. The van der Waals surface area contributed by atoms with Crippen LogP contribution in [0.2, 0.25) is 5.15 Å². The van der Waals surface area contributed by atoms with E-state index in [9.17, 15) is 0 Å². The number of nitrogens with zero attached hydrogens (tertiary/aromatic N) is 2. The monoisotopic (exact) mass is 244 g/mol. The molecule has 3 heteroatoms. The normalized spacial score (nSPS) is 14.4. The van der Waals surface area contributed by atoms with Gasteiger partial charge in [-0.25, -0.2) is 0 Å². The summed E-state index contributed by atoms with van der Waals surface area (Å²) in [6.07, 6.45) is 4.51. The summed E-state index contributed by atoms with van der Waals surface area (Å²) in [5.74, 6) is 0. The number of fused-ring (bicyclic) bond motifs is 1. The smallest absolute Gasteiger partial charge is 0.149 e. The summed E-state index contributed by atoms with van der Waals surface area (Å²) in [7, 11) is 0. The molecule has 0 saturated heterocycles. The van der Waals surface area contributed by atoms with Crippen molar-refractivity contribution in [3.63, 3.8) is 0 Å². The second-order valence-electron chi connectivity index (χ2n) is 4.37. The Hall–Kier alpha value is -1.41. The van der Waals surface area contributed by atoms with Gasteiger partial charge >= 0.3 is 0 Å². The first-order chi connectivity index (χ1) is 8.36. The summed E-state index contributed by atoms with van der Waals surface area (Å²) >= 11 is 6.13. The second-order valence-corrected chi connectivity index (χ2v) is 4.73. The maximum atomic E-state index is 6.13. The van der Waals surface area contributed by atoms with Gasteiger partial charge in [0.05, 0.1) is 5.69 Å². The van der Waals surface area contributed by atoms with Crippen LogP contribution in [0, 0.1) is 0 Å².